The van der Waals surface area contributed by atoms with E-state index in [9.17, 15) is 4.39 Å². The SMILES string of the molecule is FCCCCC/C=C/C1CCC(CCC2CCC(c3ccc(Cl)cc3)CC2)CC1. The zero-order valence-electron chi connectivity index (χ0n) is 18.1. The zero-order valence-corrected chi connectivity index (χ0v) is 18.9. The summed E-state index contributed by atoms with van der Waals surface area (Å²) < 4.78 is 12.1. The van der Waals surface area contributed by atoms with Crippen LogP contribution in [0.5, 0.6) is 0 Å². The van der Waals surface area contributed by atoms with Crippen molar-refractivity contribution in [2.45, 2.75) is 95.8 Å². The Morgan fingerprint density at radius 3 is 2.03 bits per heavy atom. The van der Waals surface area contributed by atoms with Gasteiger partial charge in [-0.3, -0.25) is 4.39 Å². The fourth-order valence-corrected chi connectivity index (χ4v) is 5.61. The van der Waals surface area contributed by atoms with Crippen LogP contribution in [0.4, 0.5) is 4.39 Å². The van der Waals surface area contributed by atoms with Gasteiger partial charge in [-0.2, -0.15) is 0 Å². The van der Waals surface area contributed by atoms with E-state index < -0.39 is 0 Å². The Morgan fingerprint density at radius 1 is 0.793 bits per heavy atom. The molecule has 0 unspecified atom stereocenters. The molecular formula is C27H40ClF. The largest absolute Gasteiger partial charge is 0.251 e. The van der Waals surface area contributed by atoms with E-state index in [0.717, 1.165) is 54.4 Å². The lowest BCUT2D eigenvalue weighted by atomic mass is 9.74. The van der Waals surface area contributed by atoms with Gasteiger partial charge in [0, 0.05) is 5.02 Å². The summed E-state index contributed by atoms with van der Waals surface area (Å²) in [6, 6.07) is 8.54. The average molecular weight is 419 g/mol. The van der Waals surface area contributed by atoms with E-state index in [-0.39, 0.29) is 6.67 Å². The molecule has 2 aliphatic carbocycles. The molecule has 0 saturated heterocycles. The van der Waals surface area contributed by atoms with Gasteiger partial charge in [0.05, 0.1) is 6.67 Å². The van der Waals surface area contributed by atoms with Gasteiger partial charge < -0.3 is 0 Å². The van der Waals surface area contributed by atoms with Crippen LogP contribution in [-0.2, 0) is 0 Å². The number of allylic oxidation sites excluding steroid dienone is 2. The number of benzene rings is 1. The Bertz CT molecular complexity index is 577. The highest BCUT2D eigenvalue weighted by molar-refractivity contribution is 6.30. The standard InChI is InChI=1S/C27H40ClF/c28-27-19-17-26(18-20-27)25-15-13-24(14-16-25)12-11-23-9-7-22(8-10-23)6-4-2-1-3-5-21-29/h4,6,17-20,22-25H,1-3,5,7-16,21H2/b6-4+. The Hall–Kier alpha value is -0.820. The van der Waals surface area contributed by atoms with Crippen molar-refractivity contribution in [1.82, 2.24) is 0 Å². The first-order chi connectivity index (χ1) is 14.2. The van der Waals surface area contributed by atoms with Crippen molar-refractivity contribution < 1.29 is 4.39 Å². The highest BCUT2D eigenvalue weighted by Gasteiger charge is 2.24. The summed E-state index contributed by atoms with van der Waals surface area (Å²) in [6.07, 6.45) is 22.9. The average Bonchev–Trinajstić information content (AvgIpc) is 2.76. The van der Waals surface area contributed by atoms with Crippen molar-refractivity contribution in [2.24, 2.45) is 17.8 Å². The Kier molecular flexibility index (Phi) is 10.1. The van der Waals surface area contributed by atoms with Gasteiger partial charge in [-0.15, -0.1) is 0 Å². The highest BCUT2D eigenvalue weighted by Crippen LogP contribution is 2.40. The number of alkyl halides is 1. The van der Waals surface area contributed by atoms with Gasteiger partial charge in [0.25, 0.3) is 0 Å². The molecule has 0 radical (unpaired) electrons. The summed E-state index contributed by atoms with van der Waals surface area (Å²) in [7, 11) is 0. The van der Waals surface area contributed by atoms with E-state index in [0.29, 0.717) is 0 Å². The summed E-state index contributed by atoms with van der Waals surface area (Å²) in [6.45, 7) is -0.155. The predicted molar refractivity (Wildman–Crippen MR) is 124 cm³/mol. The minimum absolute atomic E-state index is 0.155. The van der Waals surface area contributed by atoms with Crippen LogP contribution in [0.2, 0.25) is 5.02 Å². The molecule has 0 N–H and O–H groups in total. The fraction of sp³-hybridized carbons (Fsp3) is 0.704. The monoisotopic (exact) mass is 418 g/mol. The molecule has 0 spiro atoms. The lowest BCUT2D eigenvalue weighted by Gasteiger charge is -2.31. The molecule has 0 aromatic heterocycles. The molecule has 0 aliphatic heterocycles. The van der Waals surface area contributed by atoms with Crippen molar-refractivity contribution in [1.29, 1.82) is 0 Å². The highest BCUT2D eigenvalue weighted by atomic mass is 35.5. The fourth-order valence-electron chi connectivity index (χ4n) is 5.48. The van der Waals surface area contributed by atoms with Crippen LogP contribution >= 0.6 is 11.6 Å². The van der Waals surface area contributed by atoms with E-state index in [1.165, 1.54) is 69.8 Å². The van der Waals surface area contributed by atoms with Crippen molar-refractivity contribution in [2.75, 3.05) is 6.67 Å². The molecule has 0 amide bonds. The summed E-state index contributed by atoms with van der Waals surface area (Å²) in [4.78, 5) is 0. The van der Waals surface area contributed by atoms with Crippen molar-refractivity contribution >= 4 is 11.6 Å². The van der Waals surface area contributed by atoms with Gasteiger partial charge in [-0.25, -0.2) is 0 Å². The third-order valence-corrected chi connectivity index (χ3v) is 7.73. The number of hydrogen-bond donors (Lipinski definition) is 0. The topological polar surface area (TPSA) is 0 Å². The third kappa shape index (κ3) is 8.08. The first kappa shape index (κ1) is 22.9. The maximum atomic E-state index is 12.1. The molecule has 2 heteroatoms. The first-order valence-corrected chi connectivity index (χ1v) is 12.6. The lowest BCUT2D eigenvalue weighted by Crippen LogP contribution is -2.17. The van der Waals surface area contributed by atoms with Crippen LogP contribution in [0.1, 0.15) is 101 Å². The molecule has 2 fully saturated rings. The predicted octanol–water partition coefficient (Wildman–Crippen LogP) is 9.29. The zero-order chi connectivity index (χ0) is 20.3. The van der Waals surface area contributed by atoms with Gasteiger partial charge in [0.15, 0.2) is 0 Å². The van der Waals surface area contributed by atoms with E-state index in [1.54, 1.807) is 0 Å². The van der Waals surface area contributed by atoms with Crippen LogP contribution in [0.25, 0.3) is 0 Å². The van der Waals surface area contributed by atoms with Gasteiger partial charge in [0.1, 0.15) is 0 Å². The smallest absolute Gasteiger partial charge is 0.0894 e. The molecule has 2 aliphatic rings. The second-order valence-electron chi connectivity index (χ2n) is 9.59. The van der Waals surface area contributed by atoms with Crippen LogP contribution in [0.15, 0.2) is 36.4 Å². The summed E-state index contributed by atoms with van der Waals surface area (Å²) in [5, 5.41) is 0.848. The molecule has 3 rings (SSSR count). The lowest BCUT2D eigenvalue weighted by molar-refractivity contribution is 0.246. The summed E-state index contributed by atoms with van der Waals surface area (Å²) in [5.74, 6) is 3.49. The number of hydrogen-bond acceptors (Lipinski definition) is 0. The maximum Gasteiger partial charge on any atom is 0.0894 e. The minimum atomic E-state index is -0.155. The van der Waals surface area contributed by atoms with Crippen molar-refractivity contribution in [3.63, 3.8) is 0 Å². The second kappa shape index (κ2) is 12.8. The molecule has 0 heterocycles. The molecule has 0 atom stereocenters. The summed E-state index contributed by atoms with van der Waals surface area (Å²) in [5.41, 5.74) is 1.49. The molecule has 29 heavy (non-hydrogen) atoms. The quantitative estimate of drug-likeness (QED) is 0.262. The molecule has 1 aromatic carbocycles. The molecule has 1 aromatic rings. The van der Waals surface area contributed by atoms with Crippen LogP contribution in [-0.4, -0.2) is 6.67 Å². The van der Waals surface area contributed by atoms with Gasteiger partial charge in [0.2, 0.25) is 0 Å². The number of halogens is 2. The Balaban J connectivity index is 1.26. The molecule has 162 valence electrons. The van der Waals surface area contributed by atoms with Crippen molar-refractivity contribution in [3.05, 3.63) is 47.0 Å². The van der Waals surface area contributed by atoms with Crippen LogP contribution < -0.4 is 0 Å². The minimum Gasteiger partial charge on any atom is -0.251 e. The first-order valence-electron chi connectivity index (χ1n) is 12.2. The number of unbranched alkanes of at least 4 members (excludes halogenated alkanes) is 3. The molecule has 0 bridgehead atoms. The van der Waals surface area contributed by atoms with E-state index in [4.69, 9.17) is 11.6 Å². The molecule has 2 saturated carbocycles. The van der Waals surface area contributed by atoms with Gasteiger partial charge >= 0.3 is 0 Å². The summed E-state index contributed by atoms with van der Waals surface area (Å²) >= 11 is 6.03. The van der Waals surface area contributed by atoms with E-state index in [2.05, 4.69) is 24.3 Å². The Morgan fingerprint density at radius 2 is 1.41 bits per heavy atom. The Labute approximate surface area is 183 Å². The van der Waals surface area contributed by atoms with Gasteiger partial charge in [-0.05, 0) is 112 Å². The second-order valence-corrected chi connectivity index (χ2v) is 10.0. The molecule has 0 nitrogen and oxygen atoms in total. The van der Waals surface area contributed by atoms with Crippen molar-refractivity contribution in [3.8, 4) is 0 Å². The van der Waals surface area contributed by atoms with E-state index >= 15 is 0 Å². The normalized spacial score (nSPS) is 28.1. The maximum absolute atomic E-state index is 12.1. The molecular weight excluding hydrogens is 379 g/mol. The van der Waals surface area contributed by atoms with Crippen LogP contribution in [0.3, 0.4) is 0 Å². The number of rotatable bonds is 10. The van der Waals surface area contributed by atoms with Crippen LogP contribution in [0, 0.1) is 17.8 Å². The third-order valence-electron chi connectivity index (χ3n) is 7.48. The van der Waals surface area contributed by atoms with E-state index in [1.807, 2.05) is 12.1 Å². The van der Waals surface area contributed by atoms with Gasteiger partial charge in [-0.1, -0.05) is 55.1 Å².